The number of amides is 1. The lowest BCUT2D eigenvalue weighted by atomic mass is 10.1. The Labute approximate surface area is 99.0 Å². The van der Waals surface area contributed by atoms with E-state index < -0.39 is 6.09 Å². The van der Waals surface area contributed by atoms with Crippen molar-refractivity contribution in [3.8, 4) is 0 Å². The minimum atomic E-state index is -0.922. The summed E-state index contributed by atoms with van der Waals surface area (Å²) in [4.78, 5) is 16.4. The minimum absolute atomic E-state index is 0.120. The number of hydrogen-bond acceptors (Lipinski definition) is 4. The van der Waals surface area contributed by atoms with Gasteiger partial charge in [-0.3, -0.25) is 0 Å². The Balaban J connectivity index is 2.13. The van der Waals surface area contributed by atoms with Crippen molar-refractivity contribution in [1.82, 2.24) is 9.88 Å². The van der Waals surface area contributed by atoms with E-state index in [0.717, 1.165) is 5.56 Å². The van der Waals surface area contributed by atoms with E-state index >= 15 is 0 Å². The van der Waals surface area contributed by atoms with Gasteiger partial charge in [-0.05, 0) is 13.0 Å². The van der Waals surface area contributed by atoms with Crippen molar-refractivity contribution in [2.75, 3.05) is 18.9 Å². The van der Waals surface area contributed by atoms with Gasteiger partial charge < -0.3 is 20.5 Å². The van der Waals surface area contributed by atoms with Gasteiger partial charge in [-0.2, -0.15) is 0 Å². The van der Waals surface area contributed by atoms with E-state index in [1.807, 2.05) is 13.0 Å². The first-order valence-corrected chi connectivity index (χ1v) is 5.40. The van der Waals surface area contributed by atoms with Crippen LogP contribution in [0.2, 0.25) is 0 Å². The molecule has 1 aromatic rings. The van der Waals surface area contributed by atoms with Crippen LogP contribution in [-0.4, -0.2) is 40.3 Å². The Bertz CT molecular complexity index is 407. The third kappa shape index (κ3) is 2.47. The van der Waals surface area contributed by atoms with Gasteiger partial charge in [0.1, 0.15) is 11.9 Å². The molecule has 6 heteroatoms. The number of carbonyl (C=O) groups is 1. The van der Waals surface area contributed by atoms with Crippen molar-refractivity contribution in [2.45, 2.75) is 19.1 Å². The van der Waals surface area contributed by atoms with E-state index in [0.29, 0.717) is 19.0 Å². The zero-order chi connectivity index (χ0) is 12.4. The molecular weight excluding hydrogens is 222 g/mol. The highest BCUT2D eigenvalue weighted by Gasteiger charge is 2.30. The van der Waals surface area contributed by atoms with Gasteiger partial charge in [-0.25, -0.2) is 9.78 Å². The summed E-state index contributed by atoms with van der Waals surface area (Å²) >= 11 is 0. The van der Waals surface area contributed by atoms with Crippen LogP contribution in [0, 0.1) is 0 Å². The highest BCUT2D eigenvalue weighted by molar-refractivity contribution is 5.65. The second-order valence-electron chi connectivity index (χ2n) is 4.12. The Morgan fingerprint density at radius 3 is 3.00 bits per heavy atom. The molecule has 2 atom stereocenters. The highest BCUT2D eigenvalue weighted by atomic mass is 16.5. The molecule has 0 aromatic carbocycles. The van der Waals surface area contributed by atoms with Crippen LogP contribution in [0.1, 0.15) is 18.6 Å². The van der Waals surface area contributed by atoms with Gasteiger partial charge in [-0.1, -0.05) is 6.07 Å². The van der Waals surface area contributed by atoms with E-state index in [1.54, 1.807) is 12.3 Å². The summed E-state index contributed by atoms with van der Waals surface area (Å²) in [6, 6.07) is 3.37. The first-order chi connectivity index (χ1) is 8.08. The van der Waals surface area contributed by atoms with Gasteiger partial charge in [0.2, 0.25) is 0 Å². The molecule has 1 amide bonds. The molecule has 3 N–H and O–H groups in total. The maximum Gasteiger partial charge on any atom is 0.407 e. The minimum Gasteiger partial charge on any atom is -0.465 e. The van der Waals surface area contributed by atoms with E-state index in [9.17, 15) is 4.79 Å². The fraction of sp³-hybridized carbons (Fsp3) is 0.455. The molecule has 0 aliphatic carbocycles. The van der Waals surface area contributed by atoms with Crippen molar-refractivity contribution in [3.05, 3.63) is 23.9 Å². The quantitative estimate of drug-likeness (QED) is 0.763. The molecule has 2 heterocycles. The molecule has 0 spiro atoms. The van der Waals surface area contributed by atoms with Crippen LogP contribution in [0.15, 0.2) is 18.3 Å². The van der Waals surface area contributed by atoms with Crippen LogP contribution in [0.4, 0.5) is 10.6 Å². The number of carboxylic acid groups (broad SMARTS) is 1. The summed E-state index contributed by atoms with van der Waals surface area (Å²) in [5.41, 5.74) is 6.34. The van der Waals surface area contributed by atoms with Crippen molar-refractivity contribution >= 4 is 11.9 Å². The van der Waals surface area contributed by atoms with E-state index in [1.165, 1.54) is 4.90 Å². The van der Waals surface area contributed by atoms with Crippen molar-refractivity contribution in [2.24, 2.45) is 0 Å². The average molecular weight is 237 g/mol. The normalized spacial score (nSPS) is 24.6. The fourth-order valence-corrected chi connectivity index (χ4v) is 1.83. The molecule has 17 heavy (non-hydrogen) atoms. The summed E-state index contributed by atoms with van der Waals surface area (Å²) in [7, 11) is 0. The first kappa shape index (κ1) is 11.7. The molecule has 92 valence electrons. The molecular formula is C11H15N3O3. The van der Waals surface area contributed by atoms with Crippen LogP contribution in [0.25, 0.3) is 0 Å². The van der Waals surface area contributed by atoms with E-state index in [4.69, 9.17) is 15.6 Å². The van der Waals surface area contributed by atoms with E-state index in [2.05, 4.69) is 4.98 Å². The summed E-state index contributed by atoms with van der Waals surface area (Å²) in [6.07, 6.45) is 0.431. The van der Waals surface area contributed by atoms with Gasteiger partial charge in [-0.15, -0.1) is 0 Å². The molecule has 1 aliphatic heterocycles. The lowest BCUT2D eigenvalue weighted by molar-refractivity contribution is -0.0505. The number of pyridine rings is 1. The van der Waals surface area contributed by atoms with E-state index in [-0.39, 0.29) is 12.1 Å². The fourth-order valence-electron chi connectivity index (χ4n) is 1.83. The smallest absolute Gasteiger partial charge is 0.407 e. The molecule has 0 saturated carbocycles. The molecule has 1 aromatic heterocycles. The lowest BCUT2D eigenvalue weighted by Gasteiger charge is -2.36. The van der Waals surface area contributed by atoms with Crippen LogP contribution in [0.5, 0.6) is 0 Å². The van der Waals surface area contributed by atoms with Gasteiger partial charge in [0.15, 0.2) is 0 Å². The predicted molar refractivity (Wildman–Crippen MR) is 61.5 cm³/mol. The van der Waals surface area contributed by atoms with Gasteiger partial charge in [0.05, 0.1) is 19.2 Å². The number of morpholine rings is 1. The van der Waals surface area contributed by atoms with Crippen molar-refractivity contribution in [3.63, 3.8) is 0 Å². The number of nitrogen functional groups attached to an aromatic ring is 1. The number of rotatable bonds is 1. The van der Waals surface area contributed by atoms with Crippen LogP contribution < -0.4 is 5.73 Å². The van der Waals surface area contributed by atoms with Gasteiger partial charge in [0, 0.05) is 11.8 Å². The standard InChI is InChI=1S/C11H15N3O3/c1-7-6-17-9(5-14(7)11(15)16)8-2-3-10(12)13-4-8/h2-4,7,9H,5-6H2,1H3,(H2,12,13)(H,15,16)/t7-,9+/m0/s1. The second kappa shape index (κ2) is 4.58. The van der Waals surface area contributed by atoms with Crippen LogP contribution in [0.3, 0.4) is 0 Å². The number of nitrogens with two attached hydrogens (primary N) is 1. The number of hydrogen-bond donors (Lipinski definition) is 2. The summed E-state index contributed by atoms with van der Waals surface area (Å²) in [5, 5.41) is 9.05. The third-order valence-corrected chi connectivity index (χ3v) is 2.86. The molecule has 6 nitrogen and oxygen atoms in total. The van der Waals surface area contributed by atoms with Gasteiger partial charge >= 0.3 is 6.09 Å². The van der Waals surface area contributed by atoms with Crippen LogP contribution in [-0.2, 0) is 4.74 Å². The maximum absolute atomic E-state index is 11.0. The zero-order valence-electron chi connectivity index (χ0n) is 9.54. The maximum atomic E-state index is 11.0. The third-order valence-electron chi connectivity index (χ3n) is 2.86. The summed E-state index contributed by atoms with van der Waals surface area (Å²) < 4.78 is 5.61. The van der Waals surface area contributed by atoms with Crippen LogP contribution >= 0.6 is 0 Å². The molecule has 0 bridgehead atoms. The Hall–Kier alpha value is -1.82. The second-order valence-corrected chi connectivity index (χ2v) is 4.12. The van der Waals surface area contributed by atoms with Crippen molar-refractivity contribution < 1.29 is 14.6 Å². The summed E-state index contributed by atoms with van der Waals surface area (Å²) in [5.74, 6) is 0.438. The highest BCUT2D eigenvalue weighted by Crippen LogP contribution is 2.24. The monoisotopic (exact) mass is 237 g/mol. The Kier molecular flexibility index (Phi) is 3.14. The average Bonchev–Trinajstić information content (AvgIpc) is 2.30. The Morgan fingerprint density at radius 1 is 1.65 bits per heavy atom. The first-order valence-electron chi connectivity index (χ1n) is 5.40. The lowest BCUT2D eigenvalue weighted by Crippen LogP contribution is -2.47. The number of anilines is 1. The van der Waals surface area contributed by atoms with Crippen molar-refractivity contribution in [1.29, 1.82) is 0 Å². The molecule has 2 rings (SSSR count). The molecule has 1 fully saturated rings. The summed E-state index contributed by atoms with van der Waals surface area (Å²) in [6.45, 7) is 2.54. The zero-order valence-corrected chi connectivity index (χ0v) is 9.54. The molecule has 0 radical (unpaired) electrons. The topological polar surface area (TPSA) is 88.7 Å². The molecule has 1 saturated heterocycles. The molecule has 1 aliphatic rings. The Morgan fingerprint density at radius 2 is 2.41 bits per heavy atom. The largest absolute Gasteiger partial charge is 0.465 e. The molecule has 0 unspecified atom stereocenters. The number of aromatic nitrogens is 1. The number of nitrogens with zero attached hydrogens (tertiary/aromatic N) is 2. The number of ether oxygens (including phenoxy) is 1. The SMILES string of the molecule is C[C@H]1CO[C@@H](c2ccc(N)nc2)CN1C(=O)O. The predicted octanol–water partition coefficient (Wildman–Crippen LogP) is 1.10. The van der Waals surface area contributed by atoms with Gasteiger partial charge in [0.25, 0.3) is 0 Å².